The van der Waals surface area contributed by atoms with E-state index in [2.05, 4.69) is 6.92 Å². The van der Waals surface area contributed by atoms with Crippen LogP contribution in [0.3, 0.4) is 0 Å². The molecule has 0 saturated carbocycles. The molecule has 0 atom stereocenters. The summed E-state index contributed by atoms with van der Waals surface area (Å²) in [4.78, 5) is 37.0. The number of nitrogens with zero attached hydrogens (tertiary/aromatic N) is 2. The van der Waals surface area contributed by atoms with Crippen molar-refractivity contribution in [2.45, 2.75) is 53.0 Å². The van der Waals surface area contributed by atoms with Crippen LogP contribution in [-0.2, 0) is 4.74 Å². The van der Waals surface area contributed by atoms with E-state index < -0.39 is 10.9 Å². The first-order chi connectivity index (χ1) is 11.8. The Labute approximate surface area is 148 Å². The van der Waals surface area contributed by atoms with Crippen LogP contribution < -0.4 is 0 Å². The van der Waals surface area contributed by atoms with E-state index in [4.69, 9.17) is 4.74 Å². The lowest BCUT2D eigenvalue weighted by molar-refractivity contribution is -0.384. The maximum absolute atomic E-state index is 12.8. The van der Waals surface area contributed by atoms with Crippen LogP contribution in [-0.4, -0.2) is 40.9 Å². The summed E-state index contributed by atoms with van der Waals surface area (Å²) >= 11 is 0. The lowest BCUT2D eigenvalue weighted by Crippen LogP contribution is -2.37. The number of rotatable bonds is 9. The second kappa shape index (κ2) is 9.76. The van der Waals surface area contributed by atoms with Crippen molar-refractivity contribution in [3.63, 3.8) is 0 Å². The molecule has 1 aromatic rings. The fraction of sp³-hybridized carbons (Fsp3) is 0.556. The van der Waals surface area contributed by atoms with Gasteiger partial charge in [-0.15, -0.1) is 0 Å². The number of nitro groups is 1. The molecule has 0 aliphatic carbocycles. The summed E-state index contributed by atoms with van der Waals surface area (Å²) in [6.07, 6.45) is 2.89. The standard InChI is InChI=1S/C18H26N2O5/c1-5-7-8-9-19(13(3)4)17(21)14-10-15(18(22)25-6-2)12-16(11-14)20(23)24/h10-13H,5-9H2,1-4H3. The molecule has 0 saturated heterocycles. The van der Waals surface area contributed by atoms with Crippen molar-refractivity contribution in [2.75, 3.05) is 13.2 Å². The van der Waals surface area contributed by atoms with Crippen LogP contribution in [0, 0.1) is 10.1 Å². The van der Waals surface area contributed by atoms with Gasteiger partial charge in [-0.25, -0.2) is 4.79 Å². The van der Waals surface area contributed by atoms with Crippen LogP contribution in [0.4, 0.5) is 5.69 Å². The molecule has 0 N–H and O–H groups in total. The van der Waals surface area contributed by atoms with E-state index in [1.807, 2.05) is 13.8 Å². The van der Waals surface area contributed by atoms with E-state index in [9.17, 15) is 19.7 Å². The molecule has 7 heteroatoms. The van der Waals surface area contributed by atoms with Crippen molar-refractivity contribution in [3.05, 3.63) is 39.4 Å². The molecule has 1 aromatic carbocycles. The molecule has 138 valence electrons. The first-order valence-electron chi connectivity index (χ1n) is 8.59. The third kappa shape index (κ3) is 5.85. The number of carbonyl (C=O) groups excluding carboxylic acids is 2. The molecule has 1 amide bonds. The molecule has 0 aliphatic rings. The molecule has 7 nitrogen and oxygen atoms in total. The fourth-order valence-electron chi connectivity index (χ4n) is 2.46. The summed E-state index contributed by atoms with van der Waals surface area (Å²) in [5.41, 5.74) is -0.162. The molecule has 0 heterocycles. The molecule has 0 aromatic heterocycles. The first kappa shape index (κ1) is 20.6. The third-order valence-electron chi connectivity index (χ3n) is 3.77. The van der Waals surface area contributed by atoms with Gasteiger partial charge in [0.2, 0.25) is 0 Å². The predicted octanol–water partition coefficient (Wildman–Crippen LogP) is 3.81. The van der Waals surface area contributed by atoms with Gasteiger partial charge < -0.3 is 9.64 Å². The lowest BCUT2D eigenvalue weighted by atomic mass is 10.1. The van der Waals surface area contributed by atoms with Gasteiger partial charge in [-0.3, -0.25) is 14.9 Å². The summed E-state index contributed by atoms with van der Waals surface area (Å²) in [7, 11) is 0. The maximum Gasteiger partial charge on any atom is 0.338 e. The van der Waals surface area contributed by atoms with Crippen LogP contribution in [0.5, 0.6) is 0 Å². The number of benzene rings is 1. The molecule has 0 fully saturated rings. The Morgan fingerprint density at radius 2 is 1.80 bits per heavy atom. The van der Waals surface area contributed by atoms with Crippen molar-refractivity contribution in [1.82, 2.24) is 4.90 Å². The van der Waals surface area contributed by atoms with Gasteiger partial charge in [-0.1, -0.05) is 19.8 Å². The average Bonchev–Trinajstić information content (AvgIpc) is 2.57. The topological polar surface area (TPSA) is 89.8 Å². The smallest absolute Gasteiger partial charge is 0.338 e. The largest absolute Gasteiger partial charge is 0.462 e. The van der Waals surface area contributed by atoms with Crippen LogP contribution in [0.25, 0.3) is 0 Å². The normalized spacial score (nSPS) is 10.6. The van der Waals surface area contributed by atoms with E-state index in [0.29, 0.717) is 6.54 Å². The molecule has 0 bridgehead atoms. The van der Waals surface area contributed by atoms with Crippen molar-refractivity contribution >= 4 is 17.6 Å². The first-order valence-corrected chi connectivity index (χ1v) is 8.59. The number of hydrogen-bond donors (Lipinski definition) is 0. The Balaban J connectivity index is 3.20. The summed E-state index contributed by atoms with van der Waals surface area (Å²) in [6, 6.07) is 3.66. The quantitative estimate of drug-likeness (QED) is 0.292. The molecule has 25 heavy (non-hydrogen) atoms. The average molecular weight is 350 g/mol. The van der Waals surface area contributed by atoms with Gasteiger partial charge in [0, 0.05) is 30.3 Å². The summed E-state index contributed by atoms with van der Waals surface area (Å²) < 4.78 is 4.90. The summed E-state index contributed by atoms with van der Waals surface area (Å²) in [6.45, 7) is 8.24. The SMILES string of the molecule is CCCCCN(C(=O)c1cc(C(=O)OCC)cc([N+](=O)[O-])c1)C(C)C. The minimum Gasteiger partial charge on any atom is -0.462 e. The molecule has 0 unspecified atom stereocenters. The van der Waals surface area contributed by atoms with Crippen molar-refractivity contribution < 1.29 is 19.2 Å². The molecular weight excluding hydrogens is 324 g/mol. The highest BCUT2D eigenvalue weighted by atomic mass is 16.6. The Morgan fingerprint density at radius 1 is 1.16 bits per heavy atom. The van der Waals surface area contributed by atoms with Gasteiger partial charge >= 0.3 is 5.97 Å². The number of non-ortho nitro benzene ring substituents is 1. The van der Waals surface area contributed by atoms with Crippen LogP contribution >= 0.6 is 0 Å². The zero-order valence-electron chi connectivity index (χ0n) is 15.3. The van der Waals surface area contributed by atoms with Crippen molar-refractivity contribution in [2.24, 2.45) is 0 Å². The molecule has 1 rings (SSSR count). The van der Waals surface area contributed by atoms with E-state index >= 15 is 0 Å². The number of hydrogen-bond acceptors (Lipinski definition) is 5. The van der Waals surface area contributed by atoms with E-state index in [-0.39, 0.29) is 35.4 Å². The Bertz CT molecular complexity index is 628. The maximum atomic E-state index is 12.8. The van der Waals surface area contributed by atoms with Gasteiger partial charge in [0.1, 0.15) is 0 Å². The highest BCUT2D eigenvalue weighted by Crippen LogP contribution is 2.20. The van der Waals surface area contributed by atoms with Gasteiger partial charge in [0.15, 0.2) is 0 Å². The van der Waals surface area contributed by atoms with Gasteiger partial charge in [0.25, 0.3) is 11.6 Å². The number of nitro benzene ring substituents is 1. The zero-order chi connectivity index (χ0) is 19.0. The Morgan fingerprint density at radius 3 is 2.32 bits per heavy atom. The highest BCUT2D eigenvalue weighted by Gasteiger charge is 2.23. The van der Waals surface area contributed by atoms with E-state index in [0.717, 1.165) is 25.3 Å². The Kier molecular flexibility index (Phi) is 8.04. The lowest BCUT2D eigenvalue weighted by Gasteiger charge is -2.27. The fourth-order valence-corrected chi connectivity index (χ4v) is 2.46. The van der Waals surface area contributed by atoms with Crippen LogP contribution in [0.1, 0.15) is 67.7 Å². The summed E-state index contributed by atoms with van der Waals surface area (Å²) in [5.74, 6) is -0.998. The number of carbonyl (C=O) groups is 2. The monoisotopic (exact) mass is 350 g/mol. The number of ether oxygens (including phenoxy) is 1. The minimum absolute atomic E-state index is 0.0108. The van der Waals surface area contributed by atoms with Crippen molar-refractivity contribution in [1.29, 1.82) is 0 Å². The van der Waals surface area contributed by atoms with Crippen LogP contribution in [0.15, 0.2) is 18.2 Å². The van der Waals surface area contributed by atoms with Crippen LogP contribution in [0.2, 0.25) is 0 Å². The van der Waals surface area contributed by atoms with Crippen molar-refractivity contribution in [3.8, 4) is 0 Å². The Hall–Kier alpha value is -2.44. The van der Waals surface area contributed by atoms with Gasteiger partial charge in [0.05, 0.1) is 17.1 Å². The zero-order valence-corrected chi connectivity index (χ0v) is 15.3. The number of esters is 1. The van der Waals surface area contributed by atoms with Gasteiger partial charge in [-0.05, 0) is 33.3 Å². The molecule has 0 aliphatic heterocycles. The predicted molar refractivity (Wildman–Crippen MR) is 94.8 cm³/mol. The third-order valence-corrected chi connectivity index (χ3v) is 3.77. The highest BCUT2D eigenvalue weighted by molar-refractivity contribution is 5.99. The minimum atomic E-state index is -0.678. The van der Waals surface area contributed by atoms with E-state index in [1.54, 1.807) is 11.8 Å². The second-order valence-corrected chi connectivity index (χ2v) is 6.05. The summed E-state index contributed by atoms with van der Waals surface area (Å²) in [5, 5.41) is 11.2. The molecule has 0 spiro atoms. The molecule has 0 radical (unpaired) electrons. The van der Waals surface area contributed by atoms with Gasteiger partial charge in [-0.2, -0.15) is 0 Å². The molecular formula is C18H26N2O5. The number of amides is 1. The second-order valence-electron chi connectivity index (χ2n) is 6.05. The van der Waals surface area contributed by atoms with E-state index in [1.165, 1.54) is 12.1 Å². The number of unbranched alkanes of at least 4 members (excludes halogenated alkanes) is 2.